The Hall–Kier alpha value is -2.93. The topological polar surface area (TPSA) is 83.1 Å². The first-order valence-electron chi connectivity index (χ1n) is 11.3. The van der Waals surface area contributed by atoms with Crippen molar-refractivity contribution in [2.45, 2.75) is 44.6 Å². The smallest absolute Gasteiger partial charge is 0.260 e. The fraction of sp³-hybridized carbons (Fsp3) is 0.458. The van der Waals surface area contributed by atoms with E-state index in [9.17, 15) is 4.79 Å². The number of hydrogen-bond donors (Lipinski definition) is 2. The first kappa shape index (κ1) is 20.0. The minimum atomic E-state index is -0.245. The van der Waals surface area contributed by atoms with Crippen molar-refractivity contribution in [3.05, 3.63) is 48.3 Å². The number of ether oxygens (including phenoxy) is 1. The average molecular weight is 420 g/mol. The third-order valence-electron chi connectivity index (χ3n) is 6.55. The SMILES string of the molecule is O=C(Nc1ccccn1)c1c[nH]c2ccc(OCCCN3CC4CCCC3CC4)nc12. The van der Waals surface area contributed by atoms with Crippen LogP contribution < -0.4 is 10.1 Å². The van der Waals surface area contributed by atoms with Crippen molar-refractivity contribution >= 4 is 22.8 Å². The maximum Gasteiger partial charge on any atom is 0.260 e. The van der Waals surface area contributed by atoms with Crippen molar-refractivity contribution in [3.63, 3.8) is 0 Å². The van der Waals surface area contributed by atoms with Gasteiger partial charge in [-0.1, -0.05) is 12.5 Å². The number of amides is 1. The molecule has 1 aliphatic carbocycles. The van der Waals surface area contributed by atoms with Crippen LogP contribution in [0.25, 0.3) is 11.0 Å². The van der Waals surface area contributed by atoms with Gasteiger partial charge in [0.15, 0.2) is 0 Å². The van der Waals surface area contributed by atoms with Gasteiger partial charge < -0.3 is 15.0 Å². The highest BCUT2D eigenvalue weighted by molar-refractivity contribution is 6.11. The normalized spacial score (nSPS) is 21.2. The van der Waals surface area contributed by atoms with Gasteiger partial charge in [0.25, 0.3) is 5.91 Å². The third-order valence-corrected chi connectivity index (χ3v) is 6.55. The molecule has 3 aliphatic rings. The van der Waals surface area contributed by atoms with Gasteiger partial charge in [-0.15, -0.1) is 0 Å². The summed E-state index contributed by atoms with van der Waals surface area (Å²) in [5, 5.41) is 2.81. The van der Waals surface area contributed by atoms with Crippen LogP contribution in [-0.2, 0) is 0 Å². The number of fused-ring (bicyclic) bond motifs is 5. The Bertz CT molecular complexity index is 1030. The second kappa shape index (κ2) is 9.06. The molecule has 6 rings (SSSR count). The van der Waals surface area contributed by atoms with Gasteiger partial charge in [-0.25, -0.2) is 9.97 Å². The predicted octanol–water partition coefficient (Wildman–Crippen LogP) is 4.24. The predicted molar refractivity (Wildman–Crippen MR) is 120 cm³/mol. The zero-order valence-electron chi connectivity index (χ0n) is 17.7. The molecule has 2 unspecified atom stereocenters. The molecule has 0 spiro atoms. The number of carbonyl (C=O) groups excluding carboxylic acids is 1. The summed E-state index contributed by atoms with van der Waals surface area (Å²) < 4.78 is 5.94. The van der Waals surface area contributed by atoms with Crippen LogP contribution in [0.2, 0.25) is 0 Å². The molecule has 2 N–H and O–H groups in total. The Balaban J connectivity index is 1.19. The number of carbonyl (C=O) groups is 1. The number of hydrogen-bond acceptors (Lipinski definition) is 5. The molecule has 31 heavy (non-hydrogen) atoms. The van der Waals surface area contributed by atoms with E-state index in [4.69, 9.17) is 4.74 Å². The fourth-order valence-corrected chi connectivity index (χ4v) is 4.96. The lowest BCUT2D eigenvalue weighted by Crippen LogP contribution is -2.42. The number of rotatable bonds is 7. The van der Waals surface area contributed by atoms with Crippen LogP contribution in [-0.4, -0.2) is 51.5 Å². The molecular formula is C24H29N5O2. The Labute approximate surface area is 182 Å². The minimum Gasteiger partial charge on any atom is -0.478 e. The Morgan fingerprint density at radius 3 is 3.06 bits per heavy atom. The number of pyridine rings is 2. The summed E-state index contributed by atoms with van der Waals surface area (Å²) in [6, 6.07) is 9.93. The molecule has 162 valence electrons. The summed E-state index contributed by atoms with van der Waals surface area (Å²) in [6.07, 6.45) is 11.2. The molecule has 1 amide bonds. The summed E-state index contributed by atoms with van der Waals surface area (Å²) >= 11 is 0. The van der Waals surface area contributed by atoms with Gasteiger partial charge in [-0.2, -0.15) is 0 Å². The number of nitrogens with one attached hydrogen (secondary N) is 2. The van der Waals surface area contributed by atoms with Gasteiger partial charge in [0.1, 0.15) is 11.3 Å². The van der Waals surface area contributed by atoms with Gasteiger partial charge >= 0.3 is 0 Å². The highest BCUT2D eigenvalue weighted by Gasteiger charge is 2.30. The number of aromatic nitrogens is 3. The van der Waals surface area contributed by atoms with Crippen LogP contribution in [0.3, 0.4) is 0 Å². The summed E-state index contributed by atoms with van der Waals surface area (Å²) in [6.45, 7) is 2.98. The number of nitrogens with zero attached hydrogens (tertiary/aromatic N) is 3. The molecule has 7 heteroatoms. The molecular weight excluding hydrogens is 390 g/mol. The molecule has 3 fully saturated rings. The molecule has 0 aromatic carbocycles. The molecule has 3 aromatic rings. The van der Waals surface area contributed by atoms with Crippen molar-refractivity contribution in [2.24, 2.45) is 5.92 Å². The zero-order valence-corrected chi connectivity index (χ0v) is 17.7. The van der Waals surface area contributed by atoms with Crippen molar-refractivity contribution in [3.8, 4) is 5.88 Å². The summed E-state index contributed by atoms with van der Waals surface area (Å²) in [7, 11) is 0. The van der Waals surface area contributed by atoms with E-state index in [1.165, 1.54) is 38.6 Å². The van der Waals surface area contributed by atoms with E-state index in [0.29, 0.717) is 29.4 Å². The molecule has 2 atom stereocenters. The highest BCUT2D eigenvalue weighted by Crippen LogP contribution is 2.33. The van der Waals surface area contributed by atoms with Crippen molar-refractivity contribution in [1.82, 2.24) is 19.9 Å². The Kier molecular flexibility index (Phi) is 5.84. The summed E-state index contributed by atoms with van der Waals surface area (Å²) in [5.41, 5.74) is 1.89. The van der Waals surface area contributed by atoms with Crippen LogP contribution in [0.1, 0.15) is 48.9 Å². The maximum atomic E-state index is 12.7. The lowest BCUT2D eigenvalue weighted by Gasteiger charge is -2.36. The fourth-order valence-electron chi connectivity index (χ4n) is 4.96. The monoisotopic (exact) mass is 419 g/mol. The third kappa shape index (κ3) is 4.56. The van der Waals surface area contributed by atoms with E-state index in [1.54, 1.807) is 18.5 Å². The van der Waals surface area contributed by atoms with E-state index in [2.05, 4.69) is 25.2 Å². The largest absolute Gasteiger partial charge is 0.478 e. The van der Waals surface area contributed by atoms with Crippen LogP contribution in [0, 0.1) is 5.92 Å². The maximum absolute atomic E-state index is 12.7. The van der Waals surface area contributed by atoms with Gasteiger partial charge in [0, 0.05) is 37.6 Å². The van der Waals surface area contributed by atoms with E-state index in [0.717, 1.165) is 30.4 Å². The molecule has 2 saturated heterocycles. The van der Waals surface area contributed by atoms with Crippen molar-refractivity contribution in [1.29, 1.82) is 0 Å². The van der Waals surface area contributed by atoms with Gasteiger partial charge in [-0.05, 0) is 56.2 Å². The van der Waals surface area contributed by atoms with Crippen LogP contribution in [0.5, 0.6) is 5.88 Å². The van der Waals surface area contributed by atoms with Gasteiger partial charge in [0.2, 0.25) is 5.88 Å². The van der Waals surface area contributed by atoms with Gasteiger partial charge in [0.05, 0.1) is 17.7 Å². The van der Waals surface area contributed by atoms with E-state index >= 15 is 0 Å². The molecule has 3 aromatic heterocycles. The second-order valence-corrected chi connectivity index (χ2v) is 8.64. The quantitative estimate of drug-likeness (QED) is 0.560. The molecule has 7 nitrogen and oxygen atoms in total. The molecule has 1 saturated carbocycles. The second-order valence-electron chi connectivity index (χ2n) is 8.64. The Morgan fingerprint density at radius 1 is 1.19 bits per heavy atom. The molecule has 0 radical (unpaired) electrons. The average Bonchev–Trinajstić information content (AvgIpc) is 2.95. The molecule has 2 bridgehead atoms. The zero-order chi connectivity index (χ0) is 21.0. The summed E-state index contributed by atoms with van der Waals surface area (Å²) in [4.78, 5) is 27.2. The first-order chi connectivity index (χ1) is 15.3. The number of anilines is 1. The minimum absolute atomic E-state index is 0.245. The number of piperidine rings is 1. The molecule has 2 aliphatic heterocycles. The first-order valence-corrected chi connectivity index (χ1v) is 11.3. The number of aromatic amines is 1. The Morgan fingerprint density at radius 2 is 2.16 bits per heavy atom. The van der Waals surface area contributed by atoms with Crippen LogP contribution in [0.15, 0.2) is 42.7 Å². The van der Waals surface area contributed by atoms with Crippen molar-refractivity contribution in [2.75, 3.05) is 25.0 Å². The van der Waals surface area contributed by atoms with Gasteiger partial charge in [-0.3, -0.25) is 9.69 Å². The highest BCUT2D eigenvalue weighted by atomic mass is 16.5. The lowest BCUT2D eigenvalue weighted by atomic mass is 9.94. The van der Waals surface area contributed by atoms with Crippen LogP contribution >= 0.6 is 0 Å². The van der Waals surface area contributed by atoms with E-state index in [1.807, 2.05) is 24.3 Å². The molecule has 5 heterocycles. The van der Waals surface area contributed by atoms with E-state index in [-0.39, 0.29) is 5.91 Å². The van der Waals surface area contributed by atoms with E-state index < -0.39 is 0 Å². The number of H-pyrrole nitrogens is 1. The van der Waals surface area contributed by atoms with Crippen molar-refractivity contribution < 1.29 is 9.53 Å². The van der Waals surface area contributed by atoms with Crippen LogP contribution in [0.4, 0.5) is 5.82 Å². The lowest BCUT2D eigenvalue weighted by molar-refractivity contribution is 0.102. The summed E-state index contributed by atoms with van der Waals surface area (Å²) in [5.74, 6) is 1.71. The standard InChI is InChI=1S/C24H29N5O2/c30-24(27-21-7-1-2-12-25-21)19-15-26-20-10-11-22(28-23(19)20)31-14-4-13-29-16-17-5-3-6-18(29)9-8-17/h1-2,7,10-12,15,17-18,26H,3-6,8-9,13-14,16H2,(H,25,27,30).